The number of carbonyl (C=O) groups is 2. The number of benzene rings is 1. The lowest BCUT2D eigenvalue weighted by Crippen LogP contribution is -2.53. The number of hydrogen-bond acceptors (Lipinski definition) is 4. The Morgan fingerprint density at radius 3 is 2.33 bits per heavy atom. The molecule has 1 aromatic carbocycles. The molecule has 1 aliphatic heterocycles. The maximum absolute atomic E-state index is 14.1. The highest BCUT2D eigenvalue weighted by Crippen LogP contribution is 2.22. The molecular formula is C15H20FN3O2. The van der Waals surface area contributed by atoms with E-state index >= 15 is 0 Å². The second-order valence-corrected chi connectivity index (χ2v) is 5.32. The van der Waals surface area contributed by atoms with E-state index in [0.717, 1.165) is 0 Å². The van der Waals surface area contributed by atoms with Crippen molar-refractivity contribution in [3.8, 4) is 0 Å². The highest BCUT2D eigenvalue weighted by atomic mass is 19.1. The fraction of sp³-hybridized carbons (Fsp3) is 0.467. The third-order valence-electron chi connectivity index (χ3n) is 3.97. The minimum Gasteiger partial charge on any atom is -0.368 e. The summed E-state index contributed by atoms with van der Waals surface area (Å²) in [5.74, 6) is -0.889. The average Bonchev–Trinajstić information content (AvgIpc) is 2.46. The van der Waals surface area contributed by atoms with Gasteiger partial charge in [0.15, 0.2) is 5.78 Å². The van der Waals surface area contributed by atoms with Gasteiger partial charge in [0.1, 0.15) is 5.82 Å². The molecule has 5 nitrogen and oxygen atoms in total. The predicted molar refractivity (Wildman–Crippen MR) is 78.8 cm³/mol. The minimum absolute atomic E-state index is 0.152. The number of ketones is 1. The molecule has 1 amide bonds. The zero-order valence-electron chi connectivity index (χ0n) is 12.3. The van der Waals surface area contributed by atoms with Crippen LogP contribution in [0.25, 0.3) is 0 Å². The summed E-state index contributed by atoms with van der Waals surface area (Å²) in [5, 5.41) is 0. The lowest BCUT2D eigenvalue weighted by Gasteiger charge is -2.38. The zero-order valence-corrected chi connectivity index (χ0v) is 12.3. The molecule has 0 saturated carbocycles. The van der Waals surface area contributed by atoms with Gasteiger partial charge in [0, 0.05) is 31.7 Å². The number of anilines is 1. The summed E-state index contributed by atoms with van der Waals surface area (Å²) in [6.07, 6.45) is 0. The van der Waals surface area contributed by atoms with Crippen LogP contribution in [0.15, 0.2) is 18.2 Å². The molecule has 1 heterocycles. The molecule has 0 bridgehead atoms. The van der Waals surface area contributed by atoms with Crippen molar-refractivity contribution < 1.29 is 14.0 Å². The molecule has 0 spiro atoms. The first-order chi connectivity index (χ1) is 9.90. The lowest BCUT2D eigenvalue weighted by molar-refractivity contribution is -0.122. The molecule has 21 heavy (non-hydrogen) atoms. The number of primary amides is 1. The fourth-order valence-electron chi connectivity index (χ4n) is 2.51. The lowest BCUT2D eigenvalue weighted by atomic mass is 10.1. The van der Waals surface area contributed by atoms with Gasteiger partial charge in [0.25, 0.3) is 0 Å². The average molecular weight is 293 g/mol. The summed E-state index contributed by atoms with van der Waals surface area (Å²) >= 11 is 0. The van der Waals surface area contributed by atoms with Crippen molar-refractivity contribution >= 4 is 17.4 Å². The molecule has 1 saturated heterocycles. The number of carbonyl (C=O) groups excluding carboxylic acids is 2. The molecule has 1 atom stereocenters. The van der Waals surface area contributed by atoms with E-state index in [1.165, 1.54) is 13.0 Å². The van der Waals surface area contributed by atoms with Gasteiger partial charge in [-0.3, -0.25) is 14.5 Å². The number of hydrogen-bond donors (Lipinski definition) is 1. The Morgan fingerprint density at radius 2 is 1.86 bits per heavy atom. The van der Waals surface area contributed by atoms with Crippen molar-refractivity contribution in [2.75, 3.05) is 31.1 Å². The van der Waals surface area contributed by atoms with Crippen LogP contribution in [0.5, 0.6) is 0 Å². The summed E-state index contributed by atoms with van der Waals surface area (Å²) in [7, 11) is 0. The van der Waals surface area contributed by atoms with Gasteiger partial charge in [-0.2, -0.15) is 0 Å². The maximum Gasteiger partial charge on any atom is 0.234 e. The van der Waals surface area contributed by atoms with Gasteiger partial charge in [-0.1, -0.05) is 0 Å². The van der Waals surface area contributed by atoms with Crippen molar-refractivity contribution in [3.63, 3.8) is 0 Å². The van der Waals surface area contributed by atoms with Crippen LogP contribution in [0, 0.1) is 5.82 Å². The Morgan fingerprint density at radius 1 is 1.24 bits per heavy atom. The zero-order chi connectivity index (χ0) is 15.6. The molecule has 0 aromatic heterocycles. The van der Waals surface area contributed by atoms with Crippen molar-refractivity contribution in [1.29, 1.82) is 0 Å². The first-order valence-electron chi connectivity index (χ1n) is 6.99. The summed E-state index contributed by atoms with van der Waals surface area (Å²) < 4.78 is 14.1. The van der Waals surface area contributed by atoms with Gasteiger partial charge >= 0.3 is 0 Å². The summed E-state index contributed by atoms with van der Waals surface area (Å²) in [5.41, 5.74) is 6.16. The Labute approximate surface area is 123 Å². The topological polar surface area (TPSA) is 66.6 Å². The summed E-state index contributed by atoms with van der Waals surface area (Å²) in [6, 6.07) is 4.24. The second kappa shape index (κ2) is 6.22. The monoisotopic (exact) mass is 293 g/mol. The van der Waals surface area contributed by atoms with Crippen molar-refractivity contribution in [1.82, 2.24) is 4.90 Å². The third kappa shape index (κ3) is 3.39. The van der Waals surface area contributed by atoms with Crippen LogP contribution in [-0.2, 0) is 4.79 Å². The quantitative estimate of drug-likeness (QED) is 0.842. The highest BCUT2D eigenvalue weighted by molar-refractivity contribution is 5.94. The van der Waals surface area contributed by atoms with E-state index in [2.05, 4.69) is 0 Å². The van der Waals surface area contributed by atoms with E-state index in [9.17, 15) is 14.0 Å². The van der Waals surface area contributed by atoms with E-state index in [1.54, 1.807) is 19.1 Å². The standard InChI is InChI=1S/C15H20FN3O2/c1-10(15(17)21)18-5-7-19(8-6-18)14-4-3-12(11(2)20)9-13(14)16/h3-4,9-10H,5-8H2,1-2H3,(H2,17,21). The van der Waals surface area contributed by atoms with E-state index in [0.29, 0.717) is 37.4 Å². The van der Waals surface area contributed by atoms with Crippen LogP contribution in [0.1, 0.15) is 24.2 Å². The number of amides is 1. The fourth-order valence-corrected chi connectivity index (χ4v) is 2.51. The number of rotatable bonds is 4. The molecule has 1 fully saturated rings. The molecule has 0 aliphatic carbocycles. The van der Waals surface area contributed by atoms with Gasteiger partial charge in [-0.25, -0.2) is 4.39 Å². The van der Waals surface area contributed by atoms with Crippen LogP contribution in [0.4, 0.5) is 10.1 Å². The molecule has 2 rings (SSSR count). The Kier molecular flexibility index (Phi) is 4.57. The van der Waals surface area contributed by atoms with Crippen LogP contribution < -0.4 is 10.6 Å². The highest BCUT2D eigenvalue weighted by Gasteiger charge is 2.25. The molecule has 1 aromatic rings. The van der Waals surface area contributed by atoms with Gasteiger partial charge in [-0.15, -0.1) is 0 Å². The number of piperazine rings is 1. The normalized spacial score (nSPS) is 17.6. The van der Waals surface area contributed by atoms with Gasteiger partial charge in [0.2, 0.25) is 5.91 Å². The van der Waals surface area contributed by atoms with Crippen LogP contribution in [0.2, 0.25) is 0 Å². The molecule has 2 N–H and O–H groups in total. The Bertz CT molecular complexity index is 554. The number of nitrogens with zero attached hydrogens (tertiary/aromatic N) is 2. The molecule has 0 radical (unpaired) electrons. The van der Waals surface area contributed by atoms with Gasteiger partial charge in [0.05, 0.1) is 11.7 Å². The maximum atomic E-state index is 14.1. The minimum atomic E-state index is -0.390. The number of Topliss-reactive ketones (excluding diaryl/α,β-unsaturated/α-hetero) is 1. The number of nitrogens with two attached hydrogens (primary N) is 1. The van der Waals surface area contributed by atoms with Crippen LogP contribution >= 0.6 is 0 Å². The van der Waals surface area contributed by atoms with Crippen molar-refractivity contribution in [2.24, 2.45) is 5.73 Å². The summed E-state index contributed by atoms with van der Waals surface area (Å²) in [4.78, 5) is 26.3. The van der Waals surface area contributed by atoms with Crippen molar-refractivity contribution in [3.05, 3.63) is 29.6 Å². The molecule has 6 heteroatoms. The van der Waals surface area contributed by atoms with Crippen molar-refractivity contribution in [2.45, 2.75) is 19.9 Å². The van der Waals surface area contributed by atoms with Gasteiger partial charge in [-0.05, 0) is 32.0 Å². The number of halogens is 1. The molecular weight excluding hydrogens is 273 g/mol. The first-order valence-corrected chi connectivity index (χ1v) is 6.99. The van der Waals surface area contributed by atoms with Gasteiger partial charge < -0.3 is 10.6 Å². The van der Waals surface area contributed by atoms with E-state index < -0.39 is 0 Å². The smallest absolute Gasteiger partial charge is 0.234 e. The SMILES string of the molecule is CC(=O)c1ccc(N2CCN(C(C)C(N)=O)CC2)c(F)c1. The predicted octanol–water partition coefficient (Wildman–Crippen LogP) is 1.02. The van der Waals surface area contributed by atoms with Crippen LogP contribution in [0.3, 0.4) is 0 Å². The third-order valence-corrected chi connectivity index (χ3v) is 3.97. The first kappa shape index (κ1) is 15.4. The van der Waals surface area contributed by atoms with E-state index in [4.69, 9.17) is 5.73 Å². The largest absolute Gasteiger partial charge is 0.368 e. The molecule has 1 aliphatic rings. The Hall–Kier alpha value is -1.95. The van der Waals surface area contributed by atoms with E-state index in [-0.39, 0.29) is 23.5 Å². The molecule has 114 valence electrons. The Balaban J connectivity index is 2.05. The molecule has 1 unspecified atom stereocenters. The second-order valence-electron chi connectivity index (χ2n) is 5.32. The van der Waals surface area contributed by atoms with E-state index in [1.807, 2.05) is 9.80 Å². The summed E-state index contributed by atoms with van der Waals surface area (Å²) in [6.45, 7) is 5.73. The van der Waals surface area contributed by atoms with Crippen LogP contribution in [-0.4, -0.2) is 48.8 Å².